The normalized spacial score (nSPS) is 10.5. The average molecular weight is 442 g/mol. The lowest BCUT2D eigenvalue weighted by molar-refractivity contribution is -0.116. The van der Waals surface area contributed by atoms with Crippen LogP contribution in [0.4, 0.5) is 5.69 Å². The van der Waals surface area contributed by atoms with E-state index in [1.54, 1.807) is 35.0 Å². The van der Waals surface area contributed by atoms with Crippen LogP contribution in [-0.4, -0.2) is 40.1 Å². The molecule has 0 fully saturated rings. The fraction of sp³-hybridized carbons (Fsp3) is 0.238. The Kier molecular flexibility index (Phi) is 7.33. The Balaban J connectivity index is 1.79. The molecule has 0 bridgehead atoms. The summed E-state index contributed by atoms with van der Waals surface area (Å²) < 4.78 is 7.19. The Morgan fingerprint density at radius 2 is 2.13 bits per heavy atom. The third-order valence-electron chi connectivity index (χ3n) is 4.39. The van der Waals surface area contributed by atoms with Gasteiger partial charge >= 0.3 is 0 Å². The highest BCUT2D eigenvalue weighted by molar-refractivity contribution is 7.99. The lowest BCUT2D eigenvalue weighted by Crippen LogP contribution is -2.33. The molecule has 30 heavy (non-hydrogen) atoms. The van der Waals surface area contributed by atoms with E-state index in [0.29, 0.717) is 28.2 Å². The van der Waals surface area contributed by atoms with E-state index in [1.165, 1.54) is 11.8 Å². The first-order chi connectivity index (χ1) is 14.5. The van der Waals surface area contributed by atoms with Crippen molar-refractivity contribution in [2.24, 2.45) is 0 Å². The highest BCUT2D eigenvalue weighted by Gasteiger charge is 2.19. The fourth-order valence-electron chi connectivity index (χ4n) is 2.88. The number of carbonyl (C=O) groups excluding carboxylic acids is 1. The second-order valence-corrected chi connectivity index (χ2v) is 7.68. The quantitative estimate of drug-likeness (QED) is 0.485. The van der Waals surface area contributed by atoms with Gasteiger partial charge in [-0.3, -0.25) is 9.36 Å². The zero-order valence-corrected chi connectivity index (χ0v) is 18.2. The van der Waals surface area contributed by atoms with Crippen LogP contribution in [0.25, 0.3) is 5.69 Å². The van der Waals surface area contributed by atoms with Crippen LogP contribution in [0.15, 0.2) is 53.9 Å². The molecule has 2 aromatic carbocycles. The van der Waals surface area contributed by atoms with Gasteiger partial charge in [-0.1, -0.05) is 35.5 Å². The molecule has 3 aromatic rings. The molecule has 9 heteroatoms. The first kappa shape index (κ1) is 21.7. The lowest BCUT2D eigenvalue weighted by Gasteiger charge is -2.22. The summed E-state index contributed by atoms with van der Waals surface area (Å²) >= 11 is 7.38. The number of amides is 1. The number of nitrogens with zero attached hydrogens (tertiary/aromatic N) is 5. The number of nitriles is 1. The number of hydrogen-bond donors (Lipinski definition) is 0. The average Bonchev–Trinajstić information content (AvgIpc) is 3.23. The number of methoxy groups -OCH3 is 1. The van der Waals surface area contributed by atoms with E-state index >= 15 is 0 Å². The van der Waals surface area contributed by atoms with Gasteiger partial charge in [-0.05, 0) is 42.8 Å². The van der Waals surface area contributed by atoms with E-state index in [-0.39, 0.29) is 18.1 Å². The molecule has 0 atom stereocenters. The summed E-state index contributed by atoms with van der Waals surface area (Å²) in [5.41, 5.74) is 2.37. The highest BCUT2D eigenvalue weighted by atomic mass is 35.5. The van der Waals surface area contributed by atoms with E-state index in [0.717, 1.165) is 11.3 Å². The summed E-state index contributed by atoms with van der Waals surface area (Å²) in [6, 6.07) is 15.0. The van der Waals surface area contributed by atoms with E-state index in [1.807, 2.05) is 37.3 Å². The van der Waals surface area contributed by atoms with Crippen LogP contribution in [-0.2, 0) is 4.79 Å². The van der Waals surface area contributed by atoms with Crippen molar-refractivity contribution >= 4 is 35.0 Å². The fourth-order valence-corrected chi connectivity index (χ4v) is 3.79. The Bertz CT molecular complexity index is 1080. The van der Waals surface area contributed by atoms with E-state index in [2.05, 4.69) is 16.3 Å². The molecule has 1 heterocycles. The molecule has 1 aromatic heterocycles. The predicted octanol–water partition coefficient (Wildman–Crippen LogP) is 4.28. The van der Waals surface area contributed by atoms with Crippen LogP contribution in [0.1, 0.15) is 12.0 Å². The first-order valence-corrected chi connectivity index (χ1v) is 10.5. The monoisotopic (exact) mass is 441 g/mol. The third kappa shape index (κ3) is 4.93. The maximum absolute atomic E-state index is 13.0. The van der Waals surface area contributed by atoms with Gasteiger partial charge in [0.25, 0.3) is 0 Å². The minimum absolute atomic E-state index is 0.133. The Morgan fingerprint density at radius 3 is 2.87 bits per heavy atom. The molecule has 0 aliphatic heterocycles. The van der Waals surface area contributed by atoms with Crippen LogP contribution < -0.4 is 9.64 Å². The largest absolute Gasteiger partial charge is 0.495 e. The molecule has 154 valence electrons. The molecule has 0 aliphatic carbocycles. The van der Waals surface area contributed by atoms with Gasteiger partial charge in [0.15, 0.2) is 5.16 Å². The van der Waals surface area contributed by atoms with Crippen LogP contribution in [0.5, 0.6) is 5.75 Å². The minimum Gasteiger partial charge on any atom is -0.495 e. The Morgan fingerprint density at radius 1 is 1.33 bits per heavy atom. The molecule has 0 unspecified atom stereocenters. The van der Waals surface area contributed by atoms with Gasteiger partial charge in [0, 0.05) is 17.3 Å². The maximum Gasteiger partial charge on any atom is 0.237 e. The topological polar surface area (TPSA) is 84.0 Å². The molecule has 0 spiro atoms. The molecule has 0 saturated heterocycles. The van der Waals surface area contributed by atoms with Crippen molar-refractivity contribution < 1.29 is 9.53 Å². The summed E-state index contributed by atoms with van der Waals surface area (Å²) in [6.45, 7) is 2.18. The van der Waals surface area contributed by atoms with Crippen molar-refractivity contribution in [2.45, 2.75) is 18.5 Å². The van der Waals surface area contributed by atoms with E-state index < -0.39 is 0 Å². The number of aromatic nitrogens is 3. The Hall–Kier alpha value is -3.02. The van der Waals surface area contributed by atoms with E-state index in [9.17, 15) is 4.79 Å². The molecule has 0 aliphatic rings. The lowest BCUT2D eigenvalue weighted by atomic mass is 10.2. The summed E-state index contributed by atoms with van der Waals surface area (Å²) in [4.78, 5) is 14.6. The number of anilines is 1. The molecular weight excluding hydrogens is 422 g/mol. The molecule has 0 saturated carbocycles. The van der Waals surface area contributed by atoms with Gasteiger partial charge in [0.05, 0.1) is 31.0 Å². The number of hydrogen-bond acceptors (Lipinski definition) is 6. The first-order valence-electron chi connectivity index (χ1n) is 9.15. The van der Waals surface area contributed by atoms with E-state index in [4.69, 9.17) is 21.6 Å². The Labute approximate surface area is 184 Å². The number of thioether (sulfide) groups is 1. The molecule has 0 N–H and O–H groups in total. The summed E-state index contributed by atoms with van der Waals surface area (Å²) in [6.07, 6.45) is 1.82. The smallest absolute Gasteiger partial charge is 0.237 e. The predicted molar refractivity (Wildman–Crippen MR) is 117 cm³/mol. The van der Waals surface area contributed by atoms with Crippen LogP contribution in [0, 0.1) is 18.3 Å². The number of carbonyl (C=O) groups is 1. The van der Waals surface area contributed by atoms with Gasteiger partial charge in [0.2, 0.25) is 5.91 Å². The van der Waals surface area contributed by atoms with Gasteiger partial charge < -0.3 is 9.64 Å². The number of ether oxygens (including phenoxy) is 1. The molecule has 3 rings (SSSR count). The van der Waals surface area contributed by atoms with Gasteiger partial charge in [0.1, 0.15) is 12.1 Å². The van der Waals surface area contributed by atoms with Gasteiger partial charge in [-0.2, -0.15) is 5.26 Å². The zero-order valence-electron chi connectivity index (χ0n) is 16.6. The van der Waals surface area contributed by atoms with Gasteiger partial charge in [-0.25, -0.2) is 0 Å². The standard InChI is InChI=1S/C21H20ClN5O2S/c1-15-12-16(8-9-17(15)22)26(11-5-10-23)20(28)13-30-21-25-24-14-27(21)18-6-3-4-7-19(18)29-2/h3-4,6-9,12,14H,5,11,13H2,1-2H3. The maximum atomic E-state index is 13.0. The highest BCUT2D eigenvalue weighted by Crippen LogP contribution is 2.28. The van der Waals surface area contributed by atoms with Crippen molar-refractivity contribution in [3.63, 3.8) is 0 Å². The number of para-hydroxylation sites is 2. The number of halogens is 1. The summed E-state index contributed by atoms with van der Waals surface area (Å²) in [5, 5.41) is 18.3. The zero-order chi connectivity index (χ0) is 21.5. The minimum atomic E-state index is -0.133. The number of rotatable bonds is 8. The molecular formula is C21H20ClN5O2S. The van der Waals surface area contributed by atoms with Gasteiger partial charge in [-0.15, -0.1) is 10.2 Å². The molecule has 0 radical (unpaired) electrons. The van der Waals surface area contributed by atoms with Crippen molar-refractivity contribution in [3.8, 4) is 17.5 Å². The summed E-state index contributed by atoms with van der Waals surface area (Å²) in [7, 11) is 1.60. The van der Waals surface area contributed by atoms with Crippen molar-refractivity contribution in [2.75, 3.05) is 24.3 Å². The van der Waals surface area contributed by atoms with Crippen molar-refractivity contribution in [1.82, 2.24) is 14.8 Å². The van der Waals surface area contributed by atoms with Crippen LogP contribution in [0.3, 0.4) is 0 Å². The van der Waals surface area contributed by atoms with Crippen molar-refractivity contribution in [1.29, 1.82) is 5.26 Å². The van der Waals surface area contributed by atoms with Crippen LogP contribution in [0.2, 0.25) is 5.02 Å². The summed E-state index contributed by atoms with van der Waals surface area (Å²) in [5.74, 6) is 0.685. The second-order valence-electron chi connectivity index (χ2n) is 6.33. The SMILES string of the molecule is COc1ccccc1-n1cnnc1SCC(=O)N(CCC#N)c1ccc(Cl)c(C)c1. The third-order valence-corrected chi connectivity index (χ3v) is 5.74. The molecule has 1 amide bonds. The number of benzene rings is 2. The molecule has 7 nitrogen and oxygen atoms in total. The van der Waals surface area contributed by atoms with Crippen molar-refractivity contribution in [3.05, 3.63) is 59.4 Å². The van der Waals surface area contributed by atoms with Crippen LogP contribution >= 0.6 is 23.4 Å². The second kappa shape index (κ2) is 10.1. The number of aryl methyl sites for hydroxylation is 1.